The van der Waals surface area contributed by atoms with E-state index < -0.39 is 6.04 Å². The summed E-state index contributed by atoms with van der Waals surface area (Å²) < 4.78 is 12.1. The monoisotopic (exact) mass is 455 g/mol. The fourth-order valence-electron chi connectivity index (χ4n) is 5.90. The van der Waals surface area contributed by atoms with Crippen LogP contribution in [0.5, 0.6) is 5.75 Å². The first-order valence-electron chi connectivity index (χ1n) is 12.3. The van der Waals surface area contributed by atoms with Gasteiger partial charge >= 0.3 is 0 Å². The minimum atomic E-state index is -0.598. The number of carbonyl (C=O) groups excluding carboxylic acids is 3. The Morgan fingerprint density at radius 3 is 2.55 bits per heavy atom. The standard InChI is InChI=1S/C25H33N3O5/c1-32-21-8-4-6-18(21)26-19-5-2-3-7-22(19)33-16-9-10-17-15(13-16)14-28(25(17)31)20-11-12-23(29)27-24(20)30/h9-10,13,18-22,26H,2-8,11-12,14H2,1H3,(H,27,29,30)/t18-,19+,20?,21-,22+/m0/s1. The van der Waals surface area contributed by atoms with Crippen molar-refractivity contribution in [1.29, 1.82) is 0 Å². The van der Waals surface area contributed by atoms with E-state index in [2.05, 4.69) is 10.6 Å². The number of ether oxygens (including phenoxy) is 2. The lowest BCUT2D eigenvalue weighted by atomic mass is 9.91. The second-order valence-corrected chi connectivity index (χ2v) is 9.74. The van der Waals surface area contributed by atoms with Crippen molar-refractivity contribution in [2.75, 3.05) is 7.11 Å². The zero-order valence-electron chi connectivity index (χ0n) is 19.2. The molecule has 5 atom stereocenters. The summed E-state index contributed by atoms with van der Waals surface area (Å²) >= 11 is 0. The van der Waals surface area contributed by atoms with Crippen LogP contribution in [0.3, 0.4) is 0 Å². The summed E-state index contributed by atoms with van der Waals surface area (Å²) in [5.74, 6) is -0.0578. The van der Waals surface area contributed by atoms with Crippen molar-refractivity contribution in [3.8, 4) is 5.75 Å². The molecular formula is C25H33N3O5. The third-order valence-electron chi connectivity index (χ3n) is 7.67. The molecule has 1 saturated heterocycles. The molecule has 8 nitrogen and oxygen atoms in total. The van der Waals surface area contributed by atoms with Gasteiger partial charge in [-0.2, -0.15) is 0 Å². The molecule has 2 saturated carbocycles. The predicted octanol–water partition coefficient (Wildman–Crippen LogP) is 2.29. The lowest BCUT2D eigenvalue weighted by Crippen LogP contribution is -2.52. The molecule has 33 heavy (non-hydrogen) atoms. The molecule has 0 radical (unpaired) electrons. The number of nitrogens with zero attached hydrogens (tertiary/aromatic N) is 1. The van der Waals surface area contributed by atoms with Crippen molar-refractivity contribution in [2.24, 2.45) is 0 Å². The molecule has 1 aromatic rings. The van der Waals surface area contributed by atoms with Crippen LogP contribution < -0.4 is 15.4 Å². The van der Waals surface area contributed by atoms with Gasteiger partial charge in [0.2, 0.25) is 11.8 Å². The normalized spacial score (nSPS) is 32.1. The number of hydrogen-bond donors (Lipinski definition) is 2. The van der Waals surface area contributed by atoms with Gasteiger partial charge in [0.05, 0.1) is 6.10 Å². The first-order valence-corrected chi connectivity index (χ1v) is 12.3. The number of amides is 3. The van der Waals surface area contributed by atoms with Gasteiger partial charge in [-0.05, 0) is 68.7 Å². The van der Waals surface area contributed by atoms with Gasteiger partial charge in [-0.25, -0.2) is 0 Å². The van der Waals surface area contributed by atoms with Gasteiger partial charge in [0.15, 0.2) is 0 Å². The molecule has 1 aromatic carbocycles. The fourth-order valence-corrected chi connectivity index (χ4v) is 5.90. The van der Waals surface area contributed by atoms with Gasteiger partial charge in [0.25, 0.3) is 5.91 Å². The average molecular weight is 456 g/mol. The van der Waals surface area contributed by atoms with E-state index in [0.717, 1.165) is 43.4 Å². The van der Waals surface area contributed by atoms with Crippen LogP contribution in [0.2, 0.25) is 0 Å². The average Bonchev–Trinajstić information content (AvgIpc) is 3.39. The number of imide groups is 1. The molecule has 1 unspecified atom stereocenters. The Hall–Kier alpha value is -2.45. The van der Waals surface area contributed by atoms with E-state index in [1.54, 1.807) is 12.0 Å². The minimum absolute atomic E-state index is 0.0817. The first kappa shape index (κ1) is 22.3. The van der Waals surface area contributed by atoms with E-state index >= 15 is 0 Å². The Kier molecular flexibility index (Phi) is 6.38. The number of hydrogen-bond acceptors (Lipinski definition) is 6. The van der Waals surface area contributed by atoms with Gasteiger partial charge in [-0.1, -0.05) is 6.42 Å². The van der Waals surface area contributed by atoms with Crippen molar-refractivity contribution < 1.29 is 23.9 Å². The maximum Gasteiger partial charge on any atom is 0.255 e. The third-order valence-corrected chi connectivity index (χ3v) is 7.67. The number of nitrogens with one attached hydrogen (secondary N) is 2. The van der Waals surface area contributed by atoms with Crippen LogP contribution in [0.1, 0.15) is 73.7 Å². The van der Waals surface area contributed by atoms with E-state index in [4.69, 9.17) is 9.47 Å². The number of fused-ring (bicyclic) bond motifs is 1. The maximum absolute atomic E-state index is 12.9. The quantitative estimate of drug-likeness (QED) is 0.639. The molecule has 4 aliphatic rings. The summed E-state index contributed by atoms with van der Waals surface area (Å²) in [5, 5.41) is 6.17. The van der Waals surface area contributed by atoms with E-state index in [9.17, 15) is 14.4 Å². The summed E-state index contributed by atoms with van der Waals surface area (Å²) in [6, 6.07) is 5.68. The predicted molar refractivity (Wildman–Crippen MR) is 121 cm³/mol. The first-order chi connectivity index (χ1) is 16.0. The Balaban J connectivity index is 1.26. The Labute approximate surface area is 194 Å². The van der Waals surface area contributed by atoms with Gasteiger partial charge in [0, 0.05) is 37.7 Å². The van der Waals surface area contributed by atoms with Crippen molar-refractivity contribution in [3.05, 3.63) is 29.3 Å². The van der Waals surface area contributed by atoms with Crippen LogP contribution in [-0.2, 0) is 20.9 Å². The van der Waals surface area contributed by atoms with Crippen molar-refractivity contribution >= 4 is 17.7 Å². The summed E-state index contributed by atoms with van der Waals surface area (Å²) in [6.07, 6.45) is 8.85. The molecular weight excluding hydrogens is 422 g/mol. The molecule has 3 fully saturated rings. The van der Waals surface area contributed by atoms with Crippen molar-refractivity contribution in [3.63, 3.8) is 0 Å². The van der Waals surface area contributed by atoms with Crippen molar-refractivity contribution in [2.45, 2.75) is 94.7 Å². The van der Waals surface area contributed by atoms with Crippen LogP contribution in [0.25, 0.3) is 0 Å². The lowest BCUT2D eigenvalue weighted by Gasteiger charge is -2.35. The molecule has 2 N–H and O–H groups in total. The summed E-state index contributed by atoms with van der Waals surface area (Å²) in [6.45, 7) is 0.363. The van der Waals surface area contributed by atoms with Crippen LogP contribution in [0.4, 0.5) is 0 Å². The Morgan fingerprint density at radius 1 is 0.970 bits per heavy atom. The zero-order valence-corrected chi connectivity index (χ0v) is 19.2. The summed E-state index contributed by atoms with van der Waals surface area (Å²) in [4.78, 5) is 38.3. The second-order valence-electron chi connectivity index (χ2n) is 9.74. The molecule has 0 spiro atoms. The molecule has 2 aliphatic heterocycles. The summed E-state index contributed by atoms with van der Waals surface area (Å²) in [7, 11) is 1.80. The van der Waals surface area contributed by atoms with Crippen LogP contribution in [0, 0.1) is 0 Å². The largest absolute Gasteiger partial charge is 0.489 e. The SMILES string of the molecule is CO[C@H]1CCC[C@@H]1N[C@@H]1CCCC[C@H]1Oc1ccc2c(c1)CN(C1CCC(=O)NC1=O)C2=O. The van der Waals surface area contributed by atoms with E-state index in [0.29, 0.717) is 24.6 Å². The number of benzene rings is 1. The molecule has 5 rings (SSSR count). The molecule has 0 bridgehead atoms. The number of rotatable bonds is 6. The highest BCUT2D eigenvalue weighted by Gasteiger charge is 2.39. The molecule has 8 heteroatoms. The second kappa shape index (κ2) is 9.43. The van der Waals surface area contributed by atoms with E-state index in [1.165, 1.54) is 12.8 Å². The molecule has 0 aromatic heterocycles. The molecule has 2 aliphatic carbocycles. The number of piperidine rings is 1. The lowest BCUT2D eigenvalue weighted by molar-refractivity contribution is -0.136. The van der Waals surface area contributed by atoms with Gasteiger partial charge < -0.3 is 19.7 Å². The highest BCUT2D eigenvalue weighted by Crippen LogP contribution is 2.32. The Morgan fingerprint density at radius 2 is 1.73 bits per heavy atom. The maximum atomic E-state index is 12.9. The van der Waals surface area contributed by atoms with Crippen LogP contribution >= 0.6 is 0 Å². The minimum Gasteiger partial charge on any atom is -0.489 e. The highest BCUT2D eigenvalue weighted by molar-refractivity contribution is 6.05. The molecule has 3 amide bonds. The number of carbonyl (C=O) groups is 3. The van der Waals surface area contributed by atoms with Crippen LogP contribution in [-0.4, -0.2) is 60.1 Å². The van der Waals surface area contributed by atoms with Gasteiger partial charge in [-0.3, -0.25) is 19.7 Å². The molecule has 2 heterocycles. The Bertz CT molecular complexity index is 935. The van der Waals surface area contributed by atoms with Gasteiger partial charge in [-0.15, -0.1) is 0 Å². The van der Waals surface area contributed by atoms with E-state index in [-0.39, 0.29) is 42.4 Å². The summed E-state index contributed by atoms with van der Waals surface area (Å²) in [5.41, 5.74) is 1.48. The zero-order chi connectivity index (χ0) is 22.9. The van der Waals surface area contributed by atoms with Crippen LogP contribution in [0.15, 0.2) is 18.2 Å². The third kappa shape index (κ3) is 4.51. The highest BCUT2D eigenvalue weighted by atomic mass is 16.5. The fraction of sp³-hybridized carbons (Fsp3) is 0.640. The molecule has 178 valence electrons. The van der Waals surface area contributed by atoms with Crippen molar-refractivity contribution in [1.82, 2.24) is 15.5 Å². The topological polar surface area (TPSA) is 97.0 Å². The van der Waals surface area contributed by atoms with E-state index in [1.807, 2.05) is 18.2 Å². The van der Waals surface area contributed by atoms with Gasteiger partial charge in [0.1, 0.15) is 17.9 Å². The smallest absolute Gasteiger partial charge is 0.255 e. The number of methoxy groups -OCH3 is 1.